The molecule has 0 aromatic heterocycles. The van der Waals surface area contributed by atoms with Gasteiger partial charge in [-0.2, -0.15) is 0 Å². The van der Waals surface area contributed by atoms with E-state index >= 15 is 0 Å². The van der Waals surface area contributed by atoms with Crippen LogP contribution in [0.2, 0.25) is 5.09 Å². The Labute approximate surface area is 74.4 Å². The van der Waals surface area contributed by atoms with Gasteiger partial charge in [-0.15, -0.1) is 0 Å². The Balaban J connectivity index is 2.77. The third-order valence-electron chi connectivity index (χ3n) is 1.71. The molecule has 0 rings (SSSR count). The van der Waals surface area contributed by atoms with Crippen LogP contribution < -0.4 is 0 Å². The fourth-order valence-corrected chi connectivity index (χ4v) is 1.03. The minimum atomic E-state index is 1.25. The molecular weight excluding hydrogens is 117 g/mol. The van der Waals surface area contributed by atoms with Crippen LogP contribution in [0.4, 0.5) is 0 Å². The molecule has 0 aliphatic rings. The van der Waals surface area contributed by atoms with Gasteiger partial charge in [0.2, 0.25) is 0 Å². The van der Waals surface area contributed by atoms with Crippen molar-refractivity contribution in [1.29, 1.82) is 0 Å². The second kappa shape index (κ2) is 7.66. The molecule has 0 aliphatic heterocycles. The SMILES string of the molecule is [Li][CH2]CCCCCN(C)C. The van der Waals surface area contributed by atoms with Gasteiger partial charge >= 0.3 is 74.0 Å². The molecule has 56 valence electrons. The van der Waals surface area contributed by atoms with E-state index in [-0.39, 0.29) is 0 Å². The third kappa shape index (κ3) is 8.56. The number of nitrogens with zero attached hydrogens (tertiary/aromatic N) is 1. The van der Waals surface area contributed by atoms with Crippen LogP contribution in [-0.4, -0.2) is 43.3 Å². The van der Waals surface area contributed by atoms with Crippen molar-refractivity contribution < 1.29 is 0 Å². The standard InChI is InChI=1S/C8H18N.Li/c1-4-5-6-7-8-9(2)3;/h1,4-8H2,2-3H3;. The molecule has 0 amide bonds. The monoisotopic (exact) mass is 135 g/mol. The summed E-state index contributed by atoms with van der Waals surface area (Å²) in [7, 11) is 4.28. The average molecular weight is 135 g/mol. The number of rotatable bonds is 6. The van der Waals surface area contributed by atoms with Gasteiger partial charge in [0.25, 0.3) is 0 Å². The van der Waals surface area contributed by atoms with Crippen molar-refractivity contribution in [3.8, 4) is 0 Å². The van der Waals surface area contributed by atoms with Crippen molar-refractivity contribution in [3.05, 3.63) is 0 Å². The summed E-state index contributed by atoms with van der Waals surface area (Å²) in [4.78, 5) is 2.26. The fraction of sp³-hybridized carbons (Fsp3) is 1.00. The van der Waals surface area contributed by atoms with E-state index in [2.05, 4.69) is 36.7 Å². The van der Waals surface area contributed by atoms with Crippen LogP contribution in [0.15, 0.2) is 0 Å². The molecule has 0 aromatic rings. The van der Waals surface area contributed by atoms with Crippen molar-refractivity contribution in [1.82, 2.24) is 4.90 Å². The summed E-state index contributed by atoms with van der Waals surface area (Å²) in [6, 6.07) is 0. The first-order valence-electron chi connectivity index (χ1n) is 4.42. The summed E-state index contributed by atoms with van der Waals surface area (Å²) in [5, 5.41) is 1.35. The zero-order valence-corrected chi connectivity index (χ0v) is 7.69. The van der Waals surface area contributed by atoms with Gasteiger partial charge in [-0.25, -0.2) is 0 Å². The number of unbranched alkanes of at least 4 members (excludes halogenated alkanes) is 3. The Hall–Kier alpha value is 0.557. The van der Waals surface area contributed by atoms with E-state index in [4.69, 9.17) is 0 Å². The third-order valence-corrected chi connectivity index (χ3v) is 1.71. The average Bonchev–Trinajstić information content (AvgIpc) is 1.87. The summed E-state index contributed by atoms with van der Waals surface area (Å²) in [6.07, 6.45) is 5.61. The van der Waals surface area contributed by atoms with Gasteiger partial charge in [-0.1, -0.05) is 0 Å². The van der Waals surface area contributed by atoms with Crippen LogP contribution >= 0.6 is 0 Å². The van der Waals surface area contributed by atoms with Crippen LogP contribution in [0.25, 0.3) is 0 Å². The van der Waals surface area contributed by atoms with E-state index in [1.165, 1.54) is 37.3 Å². The van der Waals surface area contributed by atoms with Gasteiger partial charge in [0.15, 0.2) is 0 Å². The van der Waals surface area contributed by atoms with Crippen molar-refractivity contribution in [2.75, 3.05) is 20.6 Å². The van der Waals surface area contributed by atoms with E-state index in [0.717, 1.165) is 0 Å². The maximum absolute atomic E-state index is 2.26. The summed E-state index contributed by atoms with van der Waals surface area (Å²) < 4.78 is 0. The predicted molar refractivity (Wildman–Crippen MR) is 47.6 cm³/mol. The van der Waals surface area contributed by atoms with Gasteiger partial charge in [-0.3, -0.25) is 0 Å². The molecule has 0 saturated carbocycles. The first-order valence-corrected chi connectivity index (χ1v) is 4.42. The van der Waals surface area contributed by atoms with Gasteiger partial charge in [0.1, 0.15) is 0 Å². The summed E-state index contributed by atoms with van der Waals surface area (Å²) in [5.41, 5.74) is 0. The van der Waals surface area contributed by atoms with E-state index in [9.17, 15) is 0 Å². The maximum atomic E-state index is 2.26. The molecule has 0 bridgehead atoms. The van der Waals surface area contributed by atoms with Gasteiger partial charge < -0.3 is 0 Å². The molecule has 0 spiro atoms. The summed E-state index contributed by atoms with van der Waals surface area (Å²) >= 11 is 2.26. The Bertz CT molecular complexity index is 64.3. The van der Waals surface area contributed by atoms with Gasteiger partial charge in [0, 0.05) is 0 Å². The molecule has 0 saturated heterocycles. The minimum absolute atomic E-state index is 1.25. The fourth-order valence-electron chi connectivity index (χ4n) is 1.03. The molecule has 10 heavy (non-hydrogen) atoms. The zero-order chi connectivity index (χ0) is 7.82. The molecule has 0 radical (unpaired) electrons. The predicted octanol–water partition coefficient (Wildman–Crippen LogP) is 1.70. The van der Waals surface area contributed by atoms with Crippen LogP contribution in [0.5, 0.6) is 0 Å². The first-order chi connectivity index (χ1) is 4.77. The normalized spacial score (nSPS) is 10.9. The van der Waals surface area contributed by atoms with Crippen molar-refractivity contribution >= 4 is 17.7 Å². The summed E-state index contributed by atoms with van der Waals surface area (Å²) in [5.74, 6) is 0. The second-order valence-corrected chi connectivity index (χ2v) is 3.22. The number of hydrogen-bond acceptors (Lipinski definition) is 1. The second-order valence-electron chi connectivity index (χ2n) is 3.22. The van der Waals surface area contributed by atoms with E-state index in [1.807, 2.05) is 0 Å². The molecule has 0 fully saturated rings. The Kier molecular flexibility index (Phi) is 8.09. The van der Waals surface area contributed by atoms with Crippen LogP contribution in [0.3, 0.4) is 0 Å². The Morgan fingerprint density at radius 1 is 1.00 bits per heavy atom. The van der Waals surface area contributed by atoms with Crippen molar-refractivity contribution in [2.45, 2.75) is 30.8 Å². The first kappa shape index (κ1) is 10.6. The van der Waals surface area contributed by atoms with Crippen molar-refractivity contribution in [3.63, 3.8) is 0 Å². The molecular formula is C8H18LiN. The molecule has 0 unspecified atom stereocenters. The molecule has 0 aromatic carbocycles. The van der Waals surface area contributed by atoms with Gasteiger partial charge in [-0.05, 0) is 0 Å². The van der Waals surface area contributed by atoms with Crippen LogP contribution in [-0.2, 0) is 0 Å². The molecule has 1 nitrogen and oxygen atoms in total. The Morgan fingerprint density at radius 3 is 2.10 bits per heavy atom. The molecule has 2 heteroatoms. The molecule has 0 heterocycles. The quantitative estimate of drug-likeness (QED) is 0.396. The molecule has 0 N–H and O–H groups in total. The topological polar surface area (TPSA) is 3.24 Å². The van der Waals surface area contributed by atoms with E-state index in [0.29, 0.717) is 0 Å². The van der Waals surface area contributed by atoms with Crippen LogP contribution in [0.1, 0.15) is 25.7 Å². The molecule has 0 atom stereocenters. The van der Waals surface area contributed by atoms with Crippen LogP contribution in [0, 0.1) is 0 Å². The van der Waals surface area contributed by atoms with E-state index < -0.39 is 0 Å². The van der Waals surface area contributed by atoms with E-state index in [1.54, 1.807) is 0 Å². The van der Waals surface area contributed by atoms with Gasteiger partial charge in [0.05, 0.1) is 0 Å². The molecule has 0 aliphatic carbocycles. The van der Waals surface area contributed by atoms with Crippen molar-refractivity contribution in [2.24, 2.45) is 0 Å². The number of hydrogen-bond donors (Lipinski definition) is 0. The zero-order valence-electron chi connectivity index (χ0n) is 7.69. The summed E-state index contributed by atoms with van der Waals surface area (Å²) in [6.45, 7) is 1.25. The Morgan fingerprint density at radius 2 is 1.60 bits per heavy atom.